The monoisotopic (exact) mass is 573 g/mol. The van der Waals surface area contributed by atoms with Gasteiger partial charge in [-0.15, -0.1) is 13.2 Å². The molecule has 3 fully saturated rings. The zero-order valence-electron chi connectivity index (χ0n) is 24.3. The van der Waals surface area contributed by atoms with Crippen LogP contribution in [0, 0.1) is 11.8 Å². The van der Waals surface area contributed by atoms with Crippen molar-refractivity contribution < 1.29 is 29.0 Å². The SMILES string of the molecule is C=CCN(C(=O)C1N(CCO)C(=O)[C@@H]2[C@@H](C(=O)N(CC=C)c3ccccc3)[C@@]3(CC)CCC12O3)c1ccc(OC)cc1. The number of benzene rings is 2. The van der Waals surface area contributed by atoms with E-state index < -0.39 is 29.1 Å². The molecule has 3 aliphatic heterocycles. The Morgan fingerprint density at radius 3 is 2.21 bits per heavy atom. The summed E-state index contributed by atoms with van der Waals surface area (Å²) in [6, 6.07) is 15.4. The number of β-amino-alcohol motifs (C(OH)–C–C–N with tert-alkyl or cyclic N) is 1. The van der Waals surface area contributed by atoms with Crippen LogP contribution in [-0.2, 0) is 19.1 Å². The minimum absolute atomic E-state index is 0.0452. The second kappa shape index (κ2) is 11.7. The molecule has 42 heavy (non-hydrogen) atoms. The summed E-state index contributed by atoms with van der Waals surface area (Å²) in [5.41, 5.74) is -0.781. The number of para-hydroxylation sites is 1. The Bertz CT molecular complexity index is 1350. The van der Waals surface area contributed by atoms with Crippen LogP contribution in [0.3, 0.4) is 0 Å². The van der Waals surface area contributed by atoms with E-state index in [9.17, 15) is 19.5 Å². The summed E-state index contributed by atoms with van der Waals surface area (Å²) in [6.45, 7) is 9.76. The highest BCUT2D eigenvalue weighted by atomic mass is 16.5. The summed E-state index contributed by atoms with van der Waals surface area (Å²) in [7, 11) is 1.57. The van der Waals surface area contributed by atoms with Crippen LogP contribution in [0.5, 0.6) is 5.75 Å². The van der Waals surface area contributed by atoms with E-state index in [1.165, 1.54) is 4.90 Å². The van der Waals surface area contributed by atoms with Gasteiger partial charge in [0.25, 0.3) is 5.91 Å². The van der Waals surface area contributed by atoms with Crippen LogP contribution in [0.25, 0.3) is 0 Å². The maximum atomic E-state index is 14.6. The number of hydrogen-bond acceptors (Lipinski definition) is 6. The van der Waals surface area contributed by atoms with Crippen LogP contribution in [0.2, 0.25) is 0 Å². The Morgan fingerprint density at radius 2 is 1.64 bits per heavy atom. The van der Waals surface area contributed by atoms with Crippen molar-refractivity contribution in [3.05, 3.63) is 79.9 Å². The van der Waals surface area contributed by atoms with Crippen molar-refractivity contribution in [3.8, 4) is 5.75 Å². The second-order valence-corrected chi connectivity index (χ2v) is 11.1. The van der Waals surface area contributed by atoms with E-state index in [2.05, 4.69) is 13.2 Å². The molecule has 3 aliphatic rings. The highest BCUT2D eigenvalue weighted by Crippen LogP contribution is 2.64. The molecule has 2 bridgehead atoms. The number of amides is 3. The third-order valence-electron chi connectivity index (χ3n) is 9.13. The van der Waals surface area contributed by atoms with Crippen molar-refractivity contribution in [2.24, 2.45) is 11.8 Å². The number of fused-ring (bicyclic) bond motifs is 1. The molecular weight excluding hydrogens is 534 g/mol. The Kier molecular flexibility index (Phi) is 8.25. The van der Waals surface area contributed by atoms with Crippen LogP contribution in [-0.4, -0.2) is 78.3 Å². The van der Waals surface area contributed by atoms with Crippen molar-refractivity contribution in [2.45, 2.75) is 43.4 Å². The minimum atomic E-state index is -1.21. The number of carbonyl (C=O) groups is 3. The van der Waals surface area contributed by atoms with Crippen LogP contribution in [0.4, 0.5) is 11.4 Å². The smallest absolute Gasteiger partial charge is 0.253 e. The molecule has 2 aromatic carbocycles. The maximum Gasteiger partial charge on any atom is 0.253 e. The van der Waals surface area contributed by atoms with Gasteiger partial charge in [-0.2, -0.15) is 0 Å². The van der Waals surface area contributed by atoms with Gasteiger partial charge in [0, 0.05) is 31.0 Å². The average molecular weight is 574 g/mol. The van der Waals surface area contributed by atoms with Gasteiger partial charge in [-0.25, -0.2) is 0 Å². The lowest BCUT2D eigenvalue weighted by Gasteiger charge is -2.37. The summed E-state index contributed by atoms with van der Waals surface area (Å²) in [6.07, 6.45) is 4.81. The van der Waals surface area contributed by atoms with Gasteiger partial charge in [0.15, 0.2) is 0 Å². The zero-order valence-corrected chi connectivity index (χ0v) is 24.3. The number of aliphatic hydroxyl groups is 1. The summed E-state index contributed by atoms with van der Waals surface area (Å²) in [5.74, 6) is -1.91. The number of aliphatic hydroxyl groups excluding tert-OH is 1. The van der Waals surface area contributed by atoms with Gasteiger partial charge in [0.05, 0.1) is 31.2 Å². The first-order valence-electron chi connectivity index (χ1n) is 14.5. The van der Waals surface area contributed by atoms with Gasteiger partial charge >= 0.3 is 0 Å². The van der Waals surface area contributed by atoms with Gasteiger partial charge < -0.3 is 29.3 Å². The van der Waals surface area contributed by atoms with E-state index in [0.29, 0.717) is 36.4 Å². The number of carbonyl (C=O) groups excluding carboxylic acids is 3. The van der Waals surface area contributed by atoms with E-state index in [-0.39, 0.29) is 44.0 Å². The average Bonchev–Trinajstić information content (AvgIpc) is 3.62. The highest BCUT2D eigenvalue weighted by molar-refractivity contribution is 6.06. The predicted octanol–water partition coefficient (Wildman–Crippen LogP) is 3.58. The lowest BCUT2D eigenvalue weighted by atomic mass is 9.64. The molecule has 1 spiro atoms. The lowest BCUT2D eigenvalue weighted by Crippen LogP contribution is -2.57. The molecule has 5 atom stereocenters. The Balaban J connectivity index is 1.59. The van der Waals surface area contributed by atoms with E-state index in [0.717, 1.165) is 0 Å². The number of rotatable bonds is 12. The number of methoxy groups -OCH3 is 1. The number of hydrogen-bond donors (Lipinski definition) is 1. The molecule has 1 N–H and O–H groups in total. The van der Waals surface area contributed by atoms with Crippen LogP contribution >= 0.6 is 0 Å². The molecule has 3 heterocycles. The molecule has 222 valence electrons. The number of anilines is 2. The number of nitrogens with zero attached hydrogens (tertiary/aromatic N) is 3. The summed E-state index contributed by atoms with van der Waals surface area (Å²) < 4.78 is 12.2. The van der Waals surface area contributed by atoms with Crippen LogP contribution in [0.1, 0.15) is 26.2 Å². The topological polar surface area (TPSA) is 99.6 Å². The zero-order chi connectivity index (χ0) is 30.1. The Labute approximate surface area is 247 Å². The standard InChI is InChI=1S/C33H39N3O6/c1-5-19-34(23-11-9-8-10-12-23)29(38)26-27-30(39)36(21-22-37)28(33(27)18-17-32(26,7-3)42-33)31(40)35(20-6-2)24-13-15-25(41-4)16-14-24/h5-6,8-16,26-28,37H,1-2,7,17-22H2,3-4H3/t26-,27-,28?,32+,33?/m0/s1. The fourth-order valence-electron chi connectivity index (χ4n) is 7.31. The Hall–Kier alpha value is -3.95. The normalized spacial score (nSPS) is 27.5. The number of ether oxygens (including phenoxy) is 2. The molecule has 5 rings (SSSR count). The molecule has 2 aromatic rings. The molecule has 0 saturated carbocycles. The number of likely N-dealkylation sites (tertiary alicyclic amines) is 1. The van der Waals surface area contributed by atoms with Crippen LogP contribution in [0.15, 0.2) is 79.9 Å². The Morgan fingerprint density at radius 1 is 1.02 bits per heavy atom. The van der Waals surface area contributed by atoms with Gasteiger partial charge in [0.2, 0.25) is 11.8 Å². The molecule has 2 unspecified atom stereocenters. The molecule has 0 radical (unpaired) electrons. The van der Waals surface area contributed by atoms with E-state index in [4.69, 9.17) is 9.47 Å². The first-order chi connectivity index (χ1) is 20.3. The quantitative estimate of drug-likeness (QED) is 0.390. The third kappa shape index (κ3) is 4.51. The molecule has 9 nitrogen and oxygen atoms in total. The molecular formula is C33H39N3O6. The van der Waals surface area contributed by atoms with Gasteiger partial charge in [-0.05, 0) is 55.7 Å². The van der Waals surface area contributed by atoms with Crippen LogP contribution < -0.4 is 14.5 Å². The van der Waals surface area contributed by atoms with Crippen molar-refractivity contribution in [2.75, 3.05) is 43.2 Å². The van der Waals surface area contributed by atoms with Crippen molar-refractivity contribution in [3.63, 3.8) is 0 Å². The van der Waals surface area contributed by atoms with E-state index >= 15 is 0 Å². The molecule has 3 amide bonds. The molecule has 0 aromatic heterocycles. The molecule has 9 heteroatoms. The van der Waals surface area contributed by atoms with E-state index in [1.54, 1.807) is 53.3 Å². The first-order valence-corrected chi connectivity index (χ1v) is 14.5. The largest absolute Gasteiger partial charge is 0.497 e. The highest BCUT2D eigenvalue weighted by Gasteiger charge is 2.79. The second-order valence-electron chi connectivity index (χ2n) is 11.1. The van der Waals surface area contributed by atoms with Gasteiger partial charge in [-0.1, -0.05) is 37.3 Å². The maximum absolute atomic E-state index is 14.6. The molecule has 0 aliphatic carbocycles. The van der Waals surface area contributed by atoms with Gasteiger partial charge in [0.1, 0.15) is 17.4 Å². The fraction of sp³-hybridized carbons (Fsp3) is 0.424. The summed E-state index contributed by atoms with van der Waals surface area (Å²) >= 11 is 0. The van der Waals surface area contributed by atoms with Crippen molar-refractivity contribution >= 4 is 29.1 Å². The first kappa shape index (κ1) is 29.5. The molecule has 3 saturated heterocycles. The lowest BCUT2D eigenvalue weighted by molar-refractivity contribution is -0.146. The van der Waals surface area contributed by atoms with Crippen molar-refractivity contribution in [1.29, 1.82) is 0 Å². The summed E-state index contributed by atoms with van der Waals surface area (Å²) in [5, 5.41) is 9.99. The van der Waals surface area contributed by atoms with E-state index in [1.807, 2.05) is 37.3 Å². The predicted molar refractivity (Wildman–Crippen MR) is 160 cm³/mol. The fourth-order valence-corrected chi connectivity index (χ4v) is 7.31. The van der Waals surface area contributed by atoms with Gasteiger partial charge in [-0.3, -0.25) is 14.4 Å². The van der Waals surface area contributed by atoms with Crippen molar-refractivity contribution in [1.82, 2.24) is 4.90 Å². The minimum Gasteiger partial charge on any atom is -0.497 e. The third-order valence-corrected chi connectivity index (χ3v) is 9.13. The summed E-state index contributed by atoms with van der Waals surface area (Å²) in [4.78, 5) is 48.0.